The largest absolute Gasteiger partial charge is 0.497 e. The lowest BCUT2D eigenvalue weighted by atomic mass is 10.1. The molecule has 5 heteroatoms. The molecule has 0 radical (unpaired) electrons. The fraction of sp³-hybridized carbons (Fsp3) is 0.438. The number of benzene rings is 1. The molecule has 1 N–H and O–H groups in total. The summed E-state index contributed by atoms with van der Waals surface area (Å²) in [5.41, 5.74) is 3.47. The first-order valence-electron chi connectivity index (χ1n) is 7.16. The number of hydrogen-bond donors (Lipinski definition) is 1. The van der Waals surface area contributed by atoms with Gasteiger partial charge in [-0.3, -0.25) is 4.68 Å². The lowest BCUT2D eigenvalue weighted by Gasteiger charge is -2.15. The molecule has 0 aliphatic carbocycles. The number of rotatable bonds is 6. The van der Waals surface area contributed by atoms with Gasteiger partial charge in [-0.1, -0.05) is 12.1 Å². The minimum Gasteiger partial charge on any atom is -0.497 e. The number of hydrogen-bond acceptors (Lipinski definition) is 3. The molecule has 0 saturated heterocycles. The number of aromatic nitrogens is 2. The predicted molar refractivity (Wildman–Crippen MR) is 88.6 cm³/mol. The van der Waals surface area contributed by atoms with E-state index in [0.29, 0.717) is 0 Å². The van der Waals surface area contributed by atoms with Crippen molar-refractivity contribution < 1.29 is 4.74 Å². The van der Waals surface area contributed by atoms with E-state index in [2.05, 4.69) is 52.3 Å². The first kappa shape index (κ1) is 16.0. The van der Waals surface area contributed by atoms with Crippen molar-refractivity contribution in [2.24, 2.45) is 0 Å². The van der Waals surface area contributed by atoms with Gasteiger partial charge in [-0.25, -0.2) is 0 Å². The first-order chi connectivity index (χ1) is 10.1. The van der Waals surface area contributed by atoms with Gasteiger partial charge in [0.1, 0.15) is 5.75 Å². The minimum atomic E-state index is 0.267. The van der Waals surface area contributed by atoms with Crippen molar-refractivity contribution in [1.29, 1.82) is 0 Å². The van der Waals surface area contributed by atoms with E-state index in [1.165, 1.54) is 11.3 Å². The monoisotopic (exact) mass is 351 g/mol. The first-order valence-corrected chi connectivity index (χ1v) is 7.95. The van der Waals surface area contributed by atoms with E-state index in [1.54, 1.807) is 7.11 Å². The van der Waals surface area contributed by atoms with E-state index in [1.807, 2.05) is 23.7 Å². The number of halogens is 1. The minimum absolute atomic E-state index is 0.267. The van der Waals surface area contributed by atoms with Crippen molar-refractivity contribution in [2.45, 2.75) is 39.9 Å². The number of aryl methyl sites for hydroxylation is 2. The van der Waals surface area contributed by atoms with Gasteiger partial charge < -0.3 is 10.1 Å². The Hall–Kier alpha value is -1.33. The summed E-state index contributed by atoms with van der Waals surface area (Å²) in [4.78, 5) is 0. The molecule has 0 saturated carbocycles. The molecule has 2 rings (SSSR count). The molecule has 0 amide bonds. The highest BCUT2D eigenvalue weighted by Crippen LogP contribution is 2.22. The van der Waals surface area contributed by atoms with Crippen LogP contribution in [0.2, 0.25) is 0 Å². The lowest BCUT2D eigenvalue weighted by Crippen LogP contribution is -2.20. The van der Waals surface area contributed by atoms with Gasteiger partial charge in [0.25, 0.3) is 0 Å². The molecule has 0 bridgehead atoms. The second-order valence-electron chi connectivity index (χ2n) is 5.04. The summed E-state index contributed by atoms with van der Waals surface area (Å²) in [5, 5.41) is 8.07. The molecule has 0 aliphatic rings. The van der Waals surface area contributed by atoms with Gasteiger partial charge in [0.05, 0.1) is 23.0 Å². The molecular weight excluding hydrogens is 330 g/mol. The molecule has 1 atom stereocenters. The molecular formula is C16H22BrN3O. The van der Waals surface area contributed by atoms with Crippen LogP contribution in [0.15, 0.2) is 28.7 Å². The van der Waals surface area contributed by atoms with Crippen molar-refractivity contribution in [3.63, 3.8) is 0 Å². The van der Waals surface area contributed by atoms with Gasteiger partial charge in [-0.05, 0) is 54.4 Å². The van der Waals surface area contributed by atoms with Gasteiger partial charge in [0.2, 0.25) is 0 Å². The third kappa shape index (κ3) is 3.66. The summed E-state index contributed by atoms with van der Waals surface area (Å²) >= 11 is 3.63. The maximum absolute atomic E-state index is 5.19. The summed E-state index contributed by atoms with van der Waals surface area (Å²) in [6.07, 6.45) is 0. The third-order valence-corrected chi connectivity index (χ3v) is 4.68. The van der Waals surface area contributed by atoms with Crippen LogP contribution in [0.1, 0.15) is 36.8 Å². The van der Waals surface area contributed by atoms with Crippen molar-refractivity contribution in [3.05, 3.63) is 45.7 Å². The van der Waals surface area contributed by atoms with E-state index in [9.17, 15) is 0 Å². The maximum atomic E-state index is 5.19. The molecule has 114 valence electrons. The number of ether oxygens (including phenoxy) is 1. The Balaban J connectivity index is 2.05. The normalized spacial score (nSPS) is 12.4. The molecule has 0 aliphatic heterocycles. The Kier molecular flexibility index (Phi) is 5.42. The van der Waals surface area contributed by atoms with Crippen molar-refractivity contribution in [1.82, 2.24) is 15.1 Å². The standard InChI is InChI=1S/C16H22BrN3O/c1-5-20-15(16(17)12(3)19-20)10-18-11(2)13-6-8-14(21-4)9-7-13/h6-9,11,18H,5,10H2,1-4H3. The summed E-state index contributed by atoms with van der Waals surface area (Å²) in [7, 11) is 1.68. The van der Waals surface area contributed by atoms with Gasteiger partial charge in [0, 0.05) is 19.1 Å². The second kappa shape index (κ2) is 7.09. The molecule has 1 aromatic carbocycles. The molecule has 1 aromatic heterocycles. The zero-order valence-corrected chi connectivity index (χ0v) is 14.6. The average Bonchev–Trinajstić information content (AvgIpc) is 2.79. The SMILES string of the molecule is CCn1nc(C)c(Br)c1CNC(C)c1ccc(OC)cc1. The van der Waals surface area contributed by atoms with Crippen molar-refractivity contribution in [3.8, 4) is 5.75 Å². The Morgan fingerprint density at radius 3 is 2.57 bits per heavy atom. The van der Waals surface area contributed by atoms with Crippen LogP contribution in [0.4, 0.5) is 0 Å². The fourth-order valence-corrected chi connectivity index (χ4v) is 2.72. The Morgan fingerprint density at radius 1 is 1.33 bits per heavy atom. The average molecular weight is 352 g/mol. The van der Waals surface area contributed by atoms with Crippen molar-refractivity contribution in [2.75, 3.05) is 7.11 Å². The number of nitrogens with zero attached hydrogens (tertiary/aromatic N) is 2. The van der Waals surface area contributed by atoms with Gasteiger partial charge >= 0.3 is 0 Å². The summed E-state index contributed by atoms with van der Waals surface area (Å²) < 4.78 is 8.32. The molecule has 21 heavy (non-hydrogen) atoms. The topological polar surface area (TPSA) is 39.1 Å². The van der Waals surface area contributed by atoms with Crippen LogP contribution in [0.5, 0.6) is 5.75 Å². The molecule has 1 unspecified atom stereocenters. The highest BCUT2D eigenvalue weighted by atomic mass is 79.9. The van der Waals surface area contributed by atoms with Gasteiger partial charge in [0.15, 0.2) is 0 Å². The summed E-state index contributed by atoms with van der Waals surface area (Å²) in [6, 6.07) is 8.43. The summed E-state index contributed by atoms with van der Waals surface area (Å²) in [5.74, 6) is 0.883. The lowest BCUT2D eigenvalue weighted by molar-refractivity contribution is 0.414. The van der Waals surface area contributed by atoms with E-state index in [4.69, 9.17) is 4.74 Å². The molecule has 2 aromatic rings. The van der Waals surface area contributed by atoms with Crippen LogP contribution in [-0.2, 0) is 13.1 Å². The van der Waals surface area contributed by atoms with E-state index < -0.39 is 0 Å². The Morgan fingerprint density at radius 2 is 2.00 bits per heavy atom. The van der Waals surface area contributed by atoms with Crippen LogP contribution < -0.4 is 10.1 Å². The zero-order valence-electron chi connectivity index (χ0n) is 13.0. The second-order valence-corrected chi connectivity index (χ2v) is 5.83. The predicted octanol–water partition coefficient (Wildman–Crippen LogP) is 3.83. The third-order valence-electron chi connectivity index (χ3n) is 3.64. The Bertz CT molecular complexity index is 592. The van der Waals surface area contributed by atoms with Gasteiger partial charge in [-0.15, -0.1) is 0 Å². The van der Waals surface area contributed by atoms with Crippen LogP contribution in [0.25, 0.3) is 0 Å². The quantitative estimate of drug-likeness (QED) is 0.859. The highest BCUT2D eigenvalue weighted by molar-refractivity contribution is 9.10. The maximum Gasteiger partial charge on any atom is 0.118 e. The zero-order chi connectivity index (χ0) is 15.4. The molecule has 0 spiro atoms. The van der Waals surface area contributed by atoms with Crippen LogP contribution in [-0.4, -0.2) is 16.9 Å². The van der Waals surface area contributed by atoms with Crippen LogP contribution in [0, 0.1) is 6.92 Å². The summed E-state index contributed by atoms with van der Waals surface area (Å²) in [6.45, 7) is 7.94. The smallest absolute Gasteiger partial charge is 0.118 e. The molecule has 4 nitrogen and oxygen atoms in total. The van der Waals surface area contributed by atoms with E-state index in [-0.39, 0.29) is 6.04 Å². The van der Waals surface area contributed by atoms with E-state index in [0.717, 1.165) is 29.0 Å². The van der Waals surface area contributed by atoms with Gasteiger partial charge in [-0.2, -0.15) is 5.10 Å². The van der Waals surface area contributed by atoms with E-state index >= 15 is 0 Å². The number of nitrogens with one attached hydrogen (secondary N) is 1. The van der Waals surface area contributed by atoms with Crippen LogP contribution in [0.3, 0.4) is 0 Å². The fourth-order valence-electron chi connectivity index (χ4n) is 2.30. The molecule has 1 heterocycles. The Labute approximate surface area is 134 Å². The van der Waals surface area contributed by atoms with Crippen LogP contribution >= 0.6 is 15.9 Å². The molecule has 0 fully saturated rings. The number of methoxy groups -OCH3 is 1. The highest BCUT2D eigenvalue weighted by Gasteiger charge is 2.13. The van der Waals surface area contributed by atoms with Crippen molar-refractivity contribution >= 4 is 15.9 Å².